The molecule has 14 aromatic rings. The van der Waals surface area contributed by atoms with E-state index in [1.165, 1.54) is 5.39 Å². The van der Waals surface area contributed by atoms with Gasteiger partial charge in [-0.3, -0.25) is 0 Å². The summed E-state index contributed by atoms with van der Waals surface area (Å²) >= 11 is 0. The molecule has 0 saturated carbocycles. The van der Waals surface area contributed by atoms with Crippen molar-refractivity contribution in [2.45, 2.75) is 0 Å². The van der Waals surface area contributed by atoms with Gasteiger partial charge >= 0.3 is 0 Å². The topological polar surface area (TPSA) is 49.0 Å². The molecule has 0 unspecified atom stereocenters. The van der Waals surface area contributed by atoms with E-state index in [9.17, 15) is 0 Å². The van der Waals surface area contributed by atoms with Gasteiger partial charge in [0, 0.05) is 71.2 Å². The van der Waals surface area contributed by atoms with Gasteiger partial charge in [-0.25, -0.2) is 4.98 Å². The number of benzene rings is 9. The average Bonchev–Trinajstić information content (AvgIpc) is 4.14. The van der Waals surface area contributed by atoms with E-state index in [4.69, 9.17) is 13.8 Å². The number of para-hydroxylation sites is 4. The average molecular weight is 818 g/mol. The molecule has 298 valence electrons. The summed E-state index contributed by atoms with van der Waals surface area (Å²) in [4.78, 5) is 5.25. The molecule has 0 saturated heterocycles. The molecule has 5 aromatic heterocycles. The molecule has 0 aliphatic carbocycles. The maximum Gasteiger partial charge on any atom is 0.136 e. The van der Waals surface area contributed by atoms with Crippen molar-refractivity contribution in [1.29, 1.82) is 0 Å². The Balaban J connectivity index is 1.04. The first-order valence-corrected chi connectivity index (χ1v) is 21.7. The Morgan fingerprint density at radius 1 is 0.312 bits per heavy atom. The van der Waals surface area contributed by atoms with Crippen LogP contribution in [0.25, 0.3) is 133 Å². The Morgan fingerprint density at radius 2 is 0.766 bits per heavy atom. The summed E-state index contributed by atoms with van der Waals surface area (Å²) in [6.45, 7) is 0. The van der Waals surface area contributed by atoms with Crippen molar-refractivity contribution >= 4 is 87.4 Å². The number of hydrogen-bond acceptors (Lipinski definition) is 3. The Kier molecular flexibility index (Phi) is 7.33. The van der Waals surface area contributed by atoms with Crippen LogP contribution in [0.5, 0.6) is 0 Å². The summed E-state index contributed by atoms with van der Waals surface area (Å²) < 4.78 is 17.8. The van der Waals surface area contributed by atoms with Gasteiger partial charge in [0.05, 0.1) is 33.6 Å². The van der Waals surface area contributed by atoms with Crippen LogP contribution in [0.1, 0.15) is 0 Å². The summed E-state index contributed by atoms with van der Waals surface area (Å²) in [6.07, 6.45) is 0. The highest BCUT2D eigenvalue weighted by molar-refractivity contribution is 6.13. The monoisotopic (exact) mass is 817 g/mol. The van der Waals surface area contributed by atoms with E-state index in [0.717, 1.165) is 127 Å². The van der Waals surface area contributed by atoms with E-state index in [2.05, 4.69) is 197 Å². The Labute approximate surface area is 366 Å². The van der Waals surface area contributed by atoms with Gasteiger partial charge in [-0.1, -0.05) is 133 Å². The second-order valence-corrected chi connectivity index (χ2v) is 16.7. The number of pyridine rings is 1. The van der Waals surface area contributed by atoms with Gasteiger partial charge in [-0.15, -0.1) is 0 Å². The van der Waals surface area contributed by atoms with Crippen LogP contribution in [0.3, 0.4) is 0 Å². The fourth-order valence-corrected chi connectivity index (χ4v) is 10.2. The first-order chi connectivity index (χ1) is 31.7. The predicted octanol–water partition coefficient (Wildman–Crippen LogP) is 16.1. The highest BCUT2D eigenvalue weighted by atomic mass is 16.3. The number of aromatic nitrogens is 3. The van der Waals surface area contributed by atoms with Gasteiger partial charge in [-0.05, 0) is 84.2 Å². The molecular weight excluding hydrogens is 783 g/mol. The molecule has 0 fully saturated rings. The molecule has 14 rings (SSSR count). The smallest absolute Gasteiger partial charge is 0.136 e. The summed E-state index contributed by atoms with van der Waals surface area (Å²) in [6, 6.07) is 75.6. The third kappa shape index (κ3) is 5.15. The number of furan rings is 2. The zero-order valence-corrected chi connectivity index (χ0v) is 34.4. The quantitative estimate of drug-likeness (QED) is 0.163. The number of nitrogens with zero attached hydrogens (tertiary/aromatic N) is 3. The first kappa shape index (κ1) is 35.0. The predicted molar refractivity (Wildman–Crippen MR) is 264 cm³/mol. The lowest BCUT2D eigenvalue weighted by molar-refractivity contribution is 0.668. The van der Waals surface area contributed by atoms with E-state index in [-0.39, 0.29) is 0 Å². The Bertz CT molecular complexity index is 4190. The Hall–Kier alpha value is -8.67. The van der Waals surface area contributed by atoms with E-state index in [0.29, 0.717) is 0 Å². The summed E-state index contributed by atoms with van der Waals surface area (Å²) in [5, 5.41) is 10.2. The van der Waals surface area contributed by atoms with Crippen LogP contribution in [-0.2, 0) is 0 Å². The van der Waals surface area contributed by atoms with Crippen molar-refractivity contribution in [3.05, 3.63) is 212 Å². The van der Waals surface area contributed by atoms with Gasteiger partial charge in [0.15, 0.2) is 0 Å². The normalized spacial score (nSPS) is 12.1. The van der Waals surface area contributed by atoms with Gasteiger partial charge in [0.25, 0.3) is 0 Å². The van der Waals surface area contributed by atoms with Crippen LogP contribution in [-0.4, -0.2) is 14.1 Å². The van der Waals surface area contributed by atoms with Crippen molar-refractivity contribution in [3.8, 4) is 45.1 Å². The second kappa shape index (κ2) is 13.4. The van der Waals surface area contributed by atoms with Crippen molar-refractivity contribution in [1.82, 2.24) is 14.1 Å². The van der Waals surface area contributed by atoms with Crippen molar-refractivity contribution in [2.24, 2.45) is 0 Å². The second-order valence-electron chi connectivity index (χ2n) is 16.7. The summed E-state index contributed by atoms with van der Waals surface area (Å²) in [5.74, 6) is 0. The first-order valence-electron chi connectivity index (χ1n) is 21.7. The molecule has 0 N–H and O–H groups in total. The van der Waals surface area contributed by atoms with Crippen molar-refractivity contribution < 1.29 is 8.83 Å². The highest BCUT2D eigenvalue weighted by Crippen LogP contribution is 2.43. The standard InChI is InChI=1S/C59H35N3O2/c1-2-12-41(13-3-1)61-51(37-26-30-47-45-16-7-10-20-53(45)63-55(47)34-37)32-39-22-23-40-33-52(38-27-31-48-46-17-8-11-21-54(46)64-56(48)35-38)62(59(40)58(39)61)42-28-24-36(25-29-42)57-49-18-5-4-14-43(49)44-15-6-9-19-50(44)60-57/h1-35H. The lowest BCUT2D eigenvalue weighted by Gasteiger charge is -2.16. The van der Waals surface area contributed by atoms with Crippen LogP contribution in [0.2, 0.25) is 0 Å². The van der Waals surface area contributed by atoms with E-state index in [1.807, 2.05) is 24.3 Å². The maximum absolute atomic E-state index is 6.49. The lowest BCUT2D eigenvalue weighted by atomic mass is 10.00. The van der Waals surface area contributed by atoms with Gasteiger partial charge in [0.2, 0.25) is 0 Å². The molecule has 0 spiro atoms. The minimum Gasteiger partial charge on any atom is -0.456 e. The molecule has 5 nitrogen and oxygen atoms in total. The molecule has 0 bridgehead atoms. The van der Waals surface area contributed by atoms with Gasteiger partial charge < -0.3 is 18.0 Å². The van der Waals surface area contributed by atoms with Crippen LogP contribution in [0.15, 0.2) is 221 Å². The molecule has 5 heteroatoms. The number of hydrogen-bond donors (Lipinski definition) is 0. The molecule has 0 atom stereocenters. The third-order valence-corrected chi connectivity index (χ3v) is 13.1. The maximum atomic E-state index is 6.49. The molecule has 0 aliphatic rings. The zero-order chi connectivity index (χ0) is 41.9. The molecule has 0 aliphatic heterocycles. The molecule has 64 heavy (non-hydrogen) atoms. The molecular formula is C59H35N3O2. The Morgan fingerprint density at radius 3 is 1.36 bits per heavy atom. The summed E-state index contributed by atoms with van der Waals surface area (Å²) in [5.41, 5.74) is 15.2. The van der Waals surface area contributed by atoms with Gasteiger partial charge in [-0.2, -0.15) is 0 Å². The van der Waals surface area contributed by atoms with Crippen LogP contribution in [0, 0.1) is 0 Å². The number of rotatable bonds is 5. The van der Waals surface area contributed by atoms with Crippen molar-refractivity contribution in [3.63, 3.8) is 0 Å². The van der Waals surface area contributed by atoms with Crippen LogP contribution >= 0.6 is 0 Å². The van der Waals surface area contributed by atoms with Gasteiger partial charge in [0.1, 0.15) is 22.3 Å². The molecule has 9 aromatic carbocycles. The fourth-order valence-electron chi connectivity index (χ4n) is 10.2. The minimum atomic E-state index is 0.862. The van der Waals surface area contributed by atoms with Crippen molar-refractivity contribution in [2.75, 3.05) is 0 Å². The zero-order valence-electron chi connectivity index (χ0n) is 34.4. The lowest BCUT2D eigenvalue weighted by Crippen LogP contribution is -2.01. The van der Waals surface area contributed by atoms with E-state index >= 15 is 0 Å². The van der Waals surface area contributed by atoms with E-state index in [1.54, 1.807) is 0 Å². The summed E-state index contributed by atoms with van der Waals surface area (Å²) in [7, 11) is 0. The van der Waals surface area contributed by atoms with Crippen LogP contribution < -0.4 is 0 Å². The van der Waals surface area contributed by atoms with E-state index < -0.39 is 0 Å². The fraction of sp³-hybridized carbons (Fsp3) is 0. The third-order valence-electron chi connectivity index (χ3n) is 13.1. The minimum absolute atomic E-state index is 0.862. The SMILES string of the molecule is c1ccc(-n2c(-c3ccc4c(c3)oc3ccccc34)cc3ccc4cc(-c5ccc6c(c5)oc5ccccc56)n(-c5ccc(-c6nc7ccccc7c7ccccc67)cc5)c4c32)cc1. The highest BCUT2D eigenvalue weighted by Gasteiger charge is 2.23. The van der Waals surface area contributed by atoms with Crippen LogP contribution in [0.4, 0.5) is 0 Å². The number of fused-ring (bicyclic) bond motifs is 12. The molecule has 0 amide bonds. The molecule has 0 radical (unpaired) electrons. The largest absolute Gasteiger partial charge is 0.456 e. The molecule has 5 heterocycles.